The molecule has 0 aliphatic rings. The second-order valence-electron chi connectivity index (χ2n) is 3.70. The van der Waals surface area contributed by atoms with Crippen LogP contribution in [0.2, 0.25) is 0 Å². The van der Waals surface area contributed by atoms with Gasteiger partial charge in [-0.15, -0.1) is 0 Å². The summed E-state index contributed by atoms with van der Waals surface area (Å²) in [5.41, 5.74) is 0.653. The van der Waals surface area contributed by atoms with Crippen LogP contribution in [0.4, 0.5) is 0 Å². The maximum Gasteiger partial charge on any atom is 0.161 e. The van der Waals surface area contributed by atoms with Crippen LogP contribution in [-0.4, -0.2) is 28.5 Å². The lowest BCUT2D eigenvalue weighted by molar-refractivity contribution is 0.233. The number of phenols is 2. The molecule has 0 aliphatic heterocycles. The molecule has 15 heavy (non-hydrogen) atoms. The fourth-order valence-corrected chi connectivity index (χ4v) is 1.24. The van der Waals surface area contributed by atoms with Gasteiger partial charge in [-0.2, -0.15) is 0 Å². The quantitative estimate of drug-likeness (QED) is 0.544. The zero-order valence-electron chi connectivity index (χ0n) is 8.77. The van der Waals surface area contributed by atoms with Crippen molar-refractivity contribution in [2.45, 2.75) is 13.5 Å². The number of benzene rings is 1. The summed E-state index contributed by atoms with van der Waals surface area (Å²) in [7, 11) is 0. The number of nitrogens with one attached hydrogen (secondary N) is 1. The van der Waals surface area contributed by atoms with E-state index in [1.165, 1.54) is 6.07 Å². The van der Waals surface area contributed by atoms with Gasteiger partial charge in [-0.3, -0.25) is 0 Å². The fourth-order valence-electron chi connectivity index (χ4n) is 1.24. The van der Waals surface area contributed by atoms with Crippen molar-refractivity contribution in [3.8, 4) is 11.5 Å². The lowest BCUT2D eigenvalue weighted by Gasteiger charge is -2.10. The summed E-state index contributed by atoms with van der Waals surface area (Å²) in [6, 6.07) is 4.86. The van der Waals surface area contributed by atoms with Crippen molar-refractivity contribution in [1.82, 2.24) is 5.32 Å². The van der Waals surface area contributed by atoms with E-state index in [1.54, 1.807) is 12.1 Å². The third-order valence-electron chi connectivity index (χ3n) is 2.22. The number of aromatic hydroxyl groups is 2. The molecule has 0 saturated carbocycles. The Hall–Kier alpha value is -1.26. The Labute approximate surface area is 89.2 Å². The zero-order valence-corrected chi connectivity index (χ0v) is 8.77. The van der Waals surface area contributed by atoms with Crippen LogP contribution in [0.25, 0.3) is 0 Å². The molecule has 0 spiro atoms. The highest BCUT2D eigenvalue weighted by atomic mass is 16.3. The van der Waals surface area contributed by atoms with Crippen molar-refractivity contribution < 1.29 is 15.3 Å². The van der Waals surface area contributed by atoms with E-state index in [0.29, 0.717) is 18.7 Å². The van der Waals surface area contributed by atoms with Gasteiger partial charge in [0.1, 0.15) is 0 Å². The van der Waals surface area contributed by atoms with Gasteiger partial charge in [-0.1, -0.05) is 19.1 Å². The predicted octanol–water partition coefficient (Wildman–Crippen LogP) is 0.816. The second-order valence-corrected chi connectivity index (χ2v) is 3.70. The number of aliphatic hydroxyl groups is 1. The van der Waals surface area contributed by atoms with Gasteiger partial charge in [0.2, 0.25) is 0 Å². The predicted molar refractivity (Wildman–Crippen MR) is 57.7 cm³/mol. The average Bonchev–Trinajstić information content (AvgIpc) is 2.24. The Morgan fingerprint density at radius 3 is 2.73 bits per heavy atom. The van der Waals surface area contributed by atoms with E-state index >= 15 is 0 Å². The first-order chi connectivity index (χ1) is 7.15. The molecule has 0 radical (unpaired) electrons. The van der Waals surface area contributed by atoms with Gasteiger partial charge in [0.15, 0.2) is 11.5 Å². The Balaban J connectivity index is 2.47. The number of phenolic OH excluding ortho intramolecular Hbond substituents is 2. The number of hydrogen-bond donors (Lipinski definition) is 4. The normalized spacial score (nSPS) is 12.7. The second kappa shape index (κ2) is 5.58. The summed E-state index contributed by atoms with van der Waals surface area (Å²) >= 11 is 0. The highest BCUT2D eigenvalue weighted by Crippen LogP contribution is 2.27. The van der Waals surface area contributed by atoms with E-state index in [2.05, 4.69) is 5.32 Å². The summed E-state index contributed by atoms with van der Waals surface area (Å²) in [5, 5.41) is 30.6. The van der Waals surface area contributed by atoms with Crippen molar-refractivity contribution in [3.63, 3.8) is 0 Å². The van der Waals surface area contributed by atoms with Gasteiger partial charge in [-0.25, -0.2) is 0 Å². The van der Waals surface area contributed by atoms with E-state index < -0.39 is 0 Å². The minimum atomic E-state index is -0.107. The minimum absolute atomic E-state index is 0.0818. The molecule has 0 aliphatic carbocycles. The van der Waals surface area contributed by atoms with Crippen LogP contribution in [0.5, 0.6) is 11.5 Å². The topological polar surface area (TPSA) is 72.7 Å². The largest absolute Gasteiger partial charge is 0.504 e. The maximum atomic E-state index is 9.48. The maximum absolute atomic E-state index is 9.48. The molecule has 1 aromatic carbocycles. The minimum Gasteiger partial charge on any atom is -0.504 e. The Morgan fingerprint density at radius 2 is 2.07 bits per heavy atom. The van der Waals surface area contributed by atoms with Crippen LogP contribution in [-0.2, 0) is 6.54 Å². The summed E-state index contributed by atoms with van der Waals surface area (Å²) < 4.78 is 0. The third kappa shape index (κ3) is 3.42. The van der Waals surface area contributed by atoms with Gasteiger partial charge >= 0.3 is 0 Å². The van der Waals surface area contributed by atoms with Crippen molar-refractivity contribution >= 4 is 0 Å². The molecule has 0 amide bonds. The summed E-state index contributed by atoms with van der Waals surface area (Å²) in [6.45, 7) is 3.21. The average molecular weight is 211 g/mol. The Kier molecular flexibility index (Phi) is 4.39. The summed E-state index contributed by atoms with van der Waals surface area (Å²) in [5.74, 6) is -0.00406. The van der Waals surface area contributed by atoms with Gasteiger partial charge in [0.25, 0.3) is 0 Å². The smallest absolute Gasteiger partial charge is 0.161 e. The molecule has 1 atom stereocenters. The molecule has 0 saturated heterocycles. The van der Waals surface area contributed by atoms with Crippen LogP contribution in [0, 0.1) is 5.92 Å². The summed E-state index contributed by atoms with van der Waals surface area (Å²) in [4.78, 5) is 0. The van der Waals surface area contributed by atoms with Gasteiger partial charge in [0.05, 0.1) is 0 Å². The standard InChI is InChI=1S/C11H17NO3/c1-8(7-13)5-12-6-9-3-2-4-10(14)11(9)15/h2-4,8,12-15H,5-7H2,1H3. The molecule has 1 rings (SSSR count). The van der Waals surface area contributed by atoms with Crippen LogP contribution >= 0.6 is 0 Å². The first-order valence-electron chi connectivity index (χ1n) is 4.96. The van der Waals surface area contributed by atoms with Crippen molar-refractivity contribution in [1.29, 1.82) is 0 Å². The number of aliphatic hydroxyl groups excluding tert-OH is 1. The number of para-hydroxylation sites is 1. The zero-order chi connectivity index (χ0) is 11.3. The van der Waals surface area contributed by atoms with Gasteiger partial charge in [0, 0.05) is 25.3 Å². The van der Waals surface area contributed by atoms with E-state index in [0.717, 1.165) is 0 Å². The molecule has 1 aromatic rings. The molecule has 1 unspecified atom stereocenters. The first-order valence-corrected chi connectivity index (χ1v) is 4.96. The monoisotopic (exact) mass is 211 g/mol. The lowest BCUT2D eigenvalue weighted by Crippen LogP contribution is -2.22. The number of hydrogen-bond acceptors (Lipinski definition) is 4. The van der Waals surface area contributed by atoms with Crippen LogP contribution in [0.3, 0.4) is 0 Å². The van der Waals surface area contributed by atoms with E-state index in [9.17, 15) is 10.2 Å². The van der Waals surface area contributed by atoms with Gasteiger partial charge < -0.3 is 20.6 Å². The molecule has 0 fully saturated rings. The molecule has 0 heterocycles. The lowest BCUT2D eigenvalue weighted by atomic mass is 10.1. The van der Waals surface area contributed by atoms with E-state index in [1.807, 2.05) is 6.92 Å². The number of rotatable bonds is 5. The third-order valence-corrected chi connectivity index (χ3v) is 2.22. The molecule has 4 heteroatoms. The van der Waals surface area contributed by atoms with Crippen molar-refractivity contribution in [3.05, 3.63) is 23.8 Å². The van der Waals surface area contributed by atoms with Crippen LogP contribution in [0.15, 0.2) is 18.2 Å². The SMILES string of the molecule is CC(CO)CNCc1cccc(O)c1O. The van der Waals surface area contributed by atoms with E-state index in [4.69, 9.17) is 5.11 Å². The Morgan fingerprint density at radius 1 is 1.33 bits per heavy atom. The molecule has 84 valence electrons. The highest BCUT2D eigenvalue weighted by molar-refractivity contribution is 5.44. The molecular weight excluding hydrogens is 194 g/mol. The van der Waals surface area contributed by atoms with Gasteiger partial charge in [-0.05, 0) is 12.0 Å². The molecule has 0 aromatic heterocycles. The van der Waals surface area contributed by atoms with Crippen molar-refractivity contribution in [2.24, 2.45) is 5.92 Å². The first kappa shape index (κ1) is 11.8. The molecule has 0 bridgehead atoms. The molecular formula is C11H17NO3. The summed E-state index contributed by atoms with van der Waals surface area (Å²) in [6.07, 6.45) is 0. The highest BCUT2D eigenvalue weighted by Gasteiger charge is 2.05. The van der Waals surface area contributed by atoms with E-state index in [-0.39, 0.29) is 24.0 Å². The molecule has 4 nitrogen and oxygen atoms in total. The van der Waals surface area contributed by atoms with Crippen molar-refractivity contribution in [2.75, 3.05) is 13.2 Å². The molecule has 4 N–H and O–H groups in total. The fraction of sp³-hybridized carbons (Fsp3) is 0.455. The Bertz CT molecular complexity index is 315. The van der Waals surface area contributed by atoms with Crippen LogP contribution < -0.4 is 5.32 Å². The van der Waals surface area contributed by atoms with Crippen LogP contribution in [0.1, 0.15) is 12.5 Å².